The van der Waals surface area contributed by atoms with Gasteiger partial charge in [0, 0.05) is 19.3 Å². The molecule has 0 saturated heterocycles. The zero-order valence-corrected chi connectivity index (χ0v) is 11.6. The van der Waals surface area contributed by atoms with E-state index in [1.54, 1.807) is 0 Å². The van der Waals surface area contributed by atoms with Crippen LogP contribution in [-0.2, 0) is 0 Å². The molecule has 0 spiro atoms. The third kappa shape index (κ3) is 4.43. The fraction of sp³-hybridized carbons (Fsp3) is 0.643. The van der Waals surface area contributed by atoms with Gasteiger partial charge >= 0.3 is 0 Å². The van der Waals surface area contributed by atoms with Crippen molar-refractivity contribution in [3.05, 3.63) is 28.8 Å². The second-order valence-electron chi connectivity index (χ2n) is 4.84. The molecule has 1 rings (SSSR count). The van der Waals surface area contributed by atoms with Crippen LogP contribution in [-0.4, -0.2) is 24.6 Å². The van der Waals surface area contributed by atoms with Gasteiger partial charge in [0.2, 0.25) is 0 Å². The van der Waals surface area contributed by atoms with E-state index in [9.17, 15) is 4.91 Å². The second-order valence-corrected chi connectivity index (χ2v) is 4.84. The van der Waals surface area contributed by atoms with Crippen LogP contribution < -0.4 is 4.90 Å². The van der Waals surface area contributed by atoms with Crippen molar-refractivity contribution >= 4 is 5.82 Å². The highest BCUT2D eigenvalue weighted by Crippen LogP contribution is 2.17. The van der Waals surface area contributed by atoms with Crippen molar-refractivity contribution in [3.63, 3.8) is 0 Å². The monoisotopic (exact) mass is 249 g/mol. The minimum Gasteiger partial charge on any atom is -0.356 e. The number of aryl methyl sites for hydroxylation is 1. The lowest BCUT2D eigenvalue weighted by Gasteiger charge is -2.25. The Morgan fingerprint density at radius 2 is 2.22 bits per heavy atom. The molecule has 1 aromatic rings. The minimum absolute atomic E-state index is 0.339. The standard InChI is InChI=1S/C14H23N3O/c1-4-9-17(10-7-12(2)11-16-18)14-13(3)6-5-8-15-14/h5-6,8,12H,4,7,9-11H2,1-3H3. The highest BCUT2D eigenvalue weighted by Gasteiger charge is 2.11. The normalized spacial score (nSPS) is 12.2. The van der Waals surface area contributed by atoms with Crippen LogP contribution in [0.2, 0.25) is 0 Å². The van der Waals surface area contributed by atoms with Crippen LogP contribution >= 0.6 is 0 Å². The van der Waals surface area contributed by atoms with Crippen LogP contribution in [0.25, 0.3) is 0 Å². The Labute approximate surface area is 109 Å². The van der Waals surface area contributed by atoms with E-state index in [0.717, 1.165) is 31.7 Å². The first-order chi connectivity index (χ1) is 8.69. The molecular weight excluding hydrogens is 226 g/mol. The molecule has 0 aromatic carbocycles. The van der Waals surface area contributed by atoms with E-state index in [2.05, 4.69) is 41.9 Å². The quantitative estimate of drug-likeness (QED) is 0.663. The molecule has 0 amide bonds. The van der Waals surface area contributed by atoms with E-state index in [-0.39, 0.29) is 0 Å². The van der Waals surface area contributed by atoms with Crippen LogP contribution in [0, 0.1) is 17.7 Å². The molecule has 0 radical (unpaired) electrons. The fourth-order valence-corrected chi connectivity index (χ4v) is 2.00. The Kier molecular flexibility index (Phi) is 6.33. The molecule has 4 nitrogen and oxygen atoms in total. The zero-order chi connectivity index (χ0) is 13.4. The number of pyridine rings is 1. The van der Waals surface area contributed by atoms with Gasteiger partial charge in [0.05, 0.1) is 6.54 Å². The SMILES string of the molecule is CCCN(CCC(C)CN=O)c1ncccc1C. The van der Waals surface area contributed by atoms with Gasteiger partial charge in [-0.1, -0.05) is 25.1 Å². The van der Waals surface area contributed by atoms with Crippen LogP contribution in [0.1, 0.15) is 32.3 Å². The average molecular weight is 249 g/mol. The van der Waals surface area contributed by atoms with Crippen molar-refractivity contribution in [1.29, 1.82) is 0 Å². The van der Waals surface area contributed by atoms with Crippen molar-refractivity contribution in [2.24, 2.45) is 11.1 Å². The molecule has 0 bridgehead atoms. The smallest absolute Gasteiger partial charge is 0.131 e. The summed E-state index contributed by atoms with van der Waals surface area (Å²) in [6.45, 7) is 8.66. The lowest BCUT2D eigenvalue weighted by molar-refractivity contribution is 0.533. The maximum absolute atomic E-state index is 10.2. The summed E-state index contributed by atoms with van der Waals surface area (Å²) in [6.07, 6.45) is 3.90. The average Bonchev–Trinajstić information content (AvgIpc) is 2.36. The molecule has 0 aliphatic rings. The lowest BCUT2D eigenvalue weighted by atomic mass is 10.1. The van der Waals surface area contributed by atoms with Gasteiger partial charge in [0.15, 0.2) is 0 Å². The van der Waals surface area contributed by atoms with E-state index in [4.69, 9.17) is 0 Å². The number of nitrogens with zero attached hydrogens (tertiary/aromatic N) is 3. The molecule has 0 saturated carbocycles. The first kappa shape index (κ1) is 14.6. The second kappa shape index (κ2) is 7.80. The Hall–Kier alpha value is -1.45. The molecule has 4 heteroatoms. The van der Waals surface area contributed by atoms with Crippen LogP contribution in [0.3, 0.4) is 0 Å². The summed E-state index contributed by atoms with van der Waals surface area (Å²) in [5.74, 6) is 1.40. The van der Waals surface area contributed by atoms with Crippen molar-refractivity contribution < 1.29 is 0 Å². The summed E-state index contributed by atoms with van der Waals surface area (Å²) in [5, 5.41) is 2.97. The van der Waals surface area contributed by atoms with Gasteiger partial charge in [-0.15, -0.1) is 0 Å². The Balaban J connectivity index is 2.65. The summed E-state index contributed by atoms with van der Waals surface area (Å²) >= 11 is 0. The van der Waals surface area contributed by atoms with Gasteiger partial charge < -0.3 is 4.90 Å². The summed E-state index contributed by atoms with van der Waals surface area (Å²) in [4.78, 5) is 17.0. The van der Waals surface area contributed by atoms with Crippen molar-refractivity contribution in [1.82, 2.24) is 4.98 Å². The maximum Gasteiger partial charge on any atom is 0.131 e. The number of rotatable bonds is 8. The number of nitroso groups, excluding NO2 is 1. The third-order valence-electron chi connectivity index (χ3n) is 3.05. The Morgan fingerprint density at radius 1 is 1.44 bits per heavy atom. The van der Waals surface area contributed by atoms with Crippen LogP contribution in [0.4, 0.5) is 5.82 Å². The molecule has 18 heavy (non-hydrogen) atoms. The minimum atomic E-state index is 0.339. The number of hydrogen-bond donors (Lipinski definition) is 0. The molecule has 1 heterocycles. The van der Waals surface area contributed by atoms with Crippen molar-refractivity contribution in [2.45, 2.75) is 33.6 Å². The number of hydrogen-bond acceptors (Lipinski definition) is 4. The molecule has 1 aromatic heterocycles. The van der Waals surface area contributed by atoms with E-state index < -0.39 is 0 Å². The molecule has 1 unspecified atom stereocenters. The third-order valence-corrected chi connectivity index (χ3v) is 3.05. The van der Waals surface area contributed by atoms with Gasteiger partial charge in [0.25, 0.3) is 0 Å². The zero-order valence-electron chi connectivity index (χ0n) is 11.6. The lowest BCUT2D eigenvalue weighted by Crippen LogP contribution is -2.28. The predicted molar refractivity (Wildman–Crippen MR) is 75.9 cm³/mol. The molecule has 0 aliphatic heterocycles. The Morgan fingerprint density at radius 3 is 2.83 bits per heavy atom. The van der Waals surface area contributed by atoms with Gasteiger partial charge in [0.1, 0.15) is 5.82 Å². The molecular formula is C14H23N3O. The van der Waals surface area contributed by atoms with Crippen LogP contribution in [0.15, 0.2) is 23.5 Å². The number of anilines is 1. The molecule has 100 valence electrons. The summed E-state index contributed by atoms with van der Waals surface area (Å²) in [5.41, 5.74) is 1.20. The summed E-state index contributed by atoms with van der Waals surface area (Å²) in [6, 6.07) is 4.04. The summed E-state index contributed by atoms with van der Waals surface area (Å²) < 4.78 is 0. The highest BCUT2D eigenvalue weighted by atomic mass is 16.3. The maximum atomic E-state index is 10.2. The molecule has 0 aliphatic carbocycles. The molecule has 0 fully saturated rings. The van der Waals surface area contributed by atoms with Crippen molar-refractivity contribution in [3.8, 4) is 0 Å². The van der Waals surface area contributed by atoms with E-state index in [0.29, 0.717) is 12.5 Å². The van der Waals surface area contributed by atoms with E-state index in [1.807, 2.05) is 12.3 Å². The van der Waals surface area contributed by atoms with Gasteiger partial charge in [-0.05, 0) is 37.3 Å². The number of aromatic nitrogens is 1. The van der Waals surface area contributed by atoms with E-state index >= 15 is 0 Å². The first-order valence-electron chi connectivity index (χ1n) is 6.64. The first-order valence-corrected chi connectivity index (χ1v) is 6.64. The fourth-order valence-electron chi connectivity index (χ4n) is 2.00. The molecule has 1 atom stereocenters. The van der Waals surface area contributed by atoms with Crippen molar-refractivity contribution in [2.75, 3.05) is 24.5 Å². The molecule has 0 N–H and O–H groups in total. The van der Waals surface area contributed by atoms with Crippen LogP contribution in [0.5, 0.6) is 0 Å². The highest BCUT2D eigenvalue weighted by molar-refractivity contribution is 5.45. The van der Waals surface area contributed by atoms with E-state index in [1.165, 1.54) is 5.56 Å². The van der Waals surface area contributed by atoms with Gasteiger partial charge in [-0.3, -0.25) is 0 Å². The Bertz CT molecular complexity index is 368. The van der Waals surface area contributed by atoms with Gasteiger partial charge in [-0.2, -0.15) is 4.91 Å². The topological polar surface area (TPSA) is 45.6 Å². The largest absolute Gasteiger partial charge is 0.356 e. The summed E-state index contributed by atoms with van der Waals surface area (Å²) in [7, 11) is 0. The van der Waals surface area contributed by atoms with Gasteiger partial charge in [-0.25, -0.2) is 4.98 Å². The predicted octanol–water partition coefficient (Wildman–Crippen LogP) is 3.40.